The first-order valence-electron chi connectivity index (χ1n) is 13.6. The molecule has 3 heterocycles. The maximum atomic E-state index is 11.7. The van der Waals surface area contributed by atoms with Crippen molar-refractivity contribution in [3.8, 4) is 5.75 Å². The van der Waals surface area contributed by atoms with Gasteiger partial charge in [-0.3, -0.25) is 14.8 Å². The quantitative estimate of drug-likeness (QED) is 0.409. The van der Waals surface area contributed by atoms with E-state index in [1.165, 1.54) is 16.8 Å². The highest BCUT2D eigenvalue weighted by molar-refractivity contribution is 5.95. The summed E-state index contributed by atoms with van der Waals surface area (Å²) in [5.41, 5.74) is 12.5. The number of rotatable bonds is 10. The highest BCUT2D eigenvalue weighted by Gasteiger charge is 2.28. The Kier molecular flexibility index (Phi) is 9.00. The van der Waals surface area contributed by atoms with Crippen LogP contribution in [0.3, 0.4) is 0 Å². The molecular formula is C31H41N5O2. The molecule has 1 aliphatic rings. The summed E-state index contributed by atoms with van der Waals surface area (Å²) >= 11 is 0. The fourth-order valence-corrected chi connectivity index (χ4v) is 5.64. The molecule has 38 heavy (non-hydrogen) atoms. The lowest BCUT2D eigenvalue weighted by Crippen LogP contribution is -2.47. The average molecular weight is 516 g/mol. The number of methoxy groups -OCH3 is 1. The number of amides is 1. The first-order valence-corrected chi connectivity index (χ1v) is 13.6. The Balaban J connectivity index is 1.40. The molecule has 0 aliphatic carbocycles. The van der Waals surface area contributed by atoms with Gasteiger partial charge < -0.3 is 20.3 Å². The van der Waals surface area contributed by atoms with Crippen molar-refractivity contribution < 1.29 is 9.53 Å². The lowest BCUT2D eigenvalue weighted by atomic mass is 9.98. The smallest absolute Gasteiger partial charge is 0.250 e. The van der Waals surface area contributed by atoms with Gasteiger partial charge in [0, 0.05) is 55.5 Å². The summed E-state index contributed by atoms with van der Waals surface area (Å²) in [5.74, 6) is 0.469. The van der Waals surface area contributed by atoms with Crippen molar-refractivity contribution in [1.29, 1.82) is 0 Å². The summed E-state index contributed by atoms with van der Waals surface area (Å²) in [6, 6.07) is 13.4. The number of anilines is 1. The van der Waals surface area contributed by atoms with Crippen LogP contribution in [-0.2, 0) is 13.0 Å². The Morgan fingerprint density at radius 2 is 1.84 bits per heavy atom. The minimum Gasteiger partial charge on any atom is -0.497 e. The van der Waals surface area contributed by atoms with Crippen molar-refractivity contribution in [1.82, 2.24) is 14.9 Å². The Labute approximate surface area is 227 Å². The second kappa shape index (κ2) is 12.4. The number of aromatic nitrogens is 2. The molecule has 0 bridgehead atoms. The van der Waals surface area contributed by atoms with E-state index in [0.29, 0.717) is 17.6 Å². The predicted octanol–water partition coefficient (Wildman–Crippen LogP) is 5.00. The number of hydrogen-bond donors (Lipinski definition) is 1. The molecule has 7 nitrogen and oxygen atoms in total. The van der Waals surface area contributed by atoms with Crippen LogP contribution in [-0.4, -0.2) is 53.1 Å². The minimum atomic E-state index is -0.405. The largest absolute Gasteiger partial charge is 0.497 e. The predicted molar refractivity (Wildman–Crippen MR) is 153 cm³/mol. The number of aryl methyl sites for hydroxylation is 4. The fraction of sp³-hybridized carbons (Fsp3) is 0.452. The molecule has 1 saturated heterocycles. The second-order valence-electron chi connectivity index (χ2n) is 10.5. The Bertz CT molecular complexity index is 1210. The van der Waals surface area contributed by atoms with Crippen molar-refractivity contribution in [3.05, 3.63) is 82.4 Å². The van der Waals surface area contributed by atoms with Crippen molar-refractivity contribution in [2.24, 2.45) is 5.73 Å². The van der Waals surface area contributed by atoms with E-state index in [1.807, 2.05) is 44.4 Å². The number of carbonyl (C=O) groups excluding carboxylic acids is 1. The van der Waals surface area contributed by atoms with E-state index in [1.54, 1.807) is 7.11 Å². The van der Waals surface area contributed by atoms with Gasteiger partial charge >= 0.3 is 0 Å². The lowest BCUT2D eigenvalue weighted by molar-refractivity contribution is 0.0998. The second-order valence-corrected chi connectivity index (χ2v) is 10.5. The van der Waals surface area contributed by atoms with Gasteiger partial charge in [-0.15, -0.1) is 0 Å². The fourth-order valence-electron chi connectivity index (χ4n) is 5.64. The van der Waals surface area contributed by atoms with Crippen LogP contribution in [0.2, 0.25) is 0 Å². The monoisotopic (exact) mass is 515 g/mol. The highest BCUT2D eigenvalue weighted by Crippen LogP contribution is 2.29. The molecule has 3 aromatic rings. The molecule has 0 radical (unpaired) electrons. The highest BCUT2D eigenvalue weighted by atomic mass is 16.5. The third-order valence-electron chi connectivity index (χ3n) is 7.97. The van der Waals surface area contributed by atoms with E-state index < -0.39 is 5.91 Å². The third kappa shape index (κ3) is 6.51. The number of ether oxygens (including phenoxy) is 1. The number of hydrogen-bond acceptors (Lipinski definition) is 6. The molecule has 1 aliphatic heterocycles. The molecule has 0 spiro atoms. The molecule has 1 fully saturated rings. The Morgan fingerprint density at radius 1 is 1.13 bits per heavy atom. The van der Waals surface area contributed by atoms with Gasteiger partial charge in [0.2, 0.25) is 0 Å². The number of piperidine rings is 1. The molecule has 0 unspecified atom stereocenters. The summed E-state index contributed by atoms with van der Waals surface area (Å²) in [6.07, 6.45) is 8.00. The number of primary amides is 1. The first kappa shape index (κ1) is 27.6. The molecule has 1 aromatic carbocycles. The lowest BCUT2D eigenvalue weighted by Gasteiger charge is -2.42. The maximum Gasteiger partial charge on any atom is 0.250 e. The first-order chi connectivity index (χ1) is 18.3. The van der Waals surface area contributed by atoms with Crippen molar-refractivity contribution in [3.63, 3.8) is 0 Å². The zero-order chi connectivity index (χ0) is 27.2. The van der Waals surface area contributed by atoms with Gasteiger partial charge in [0.1, 0.15) is 5.75 Å². The molecule has 1 atom stereocenters. The molecule has 1 amide bonds. The van der Waals surface area contributed by atoms with Crippen LogP contribution in [0.4, 0.5) is 5.69 Å². The molecule has 202 valence electrons. The number of pyridine rings is 2. The van der Waals surface area contributed by atoms with Crippen molar-refractivity contribution >= 4 is 11.6 Å². The van der Waals surface area contributed by atoms with Gasteiger partial charge in [-0.1, -0.05) is 0 Å². The zero-order valence-electron chi connectivity index (χ0n) is 23.4. The van der Waals surface area contributed by atoms with Crippen molar-refractivity contribution in [2.45, 2.75) is 72.0 Å². The number of benzene rings is 1. The van der Waals surface area contributed by atoms with E-state index in [-0.39, 0.29) is 0 Å². The van der Waals surface area contributed by atoms with E-state index in [2.05, 4.69) is 51.8 Å². The molecular weight excluding hydrogens is 474 g/mol. The van der Waals surface area contributed by atoms with Gasteiger partial charge in [0.05, 0.1) is 18.4 Å². The van der Waals surface area contributed by atoms with Gasteiger partial charge in [-0.2, -0.15) is 0 Å². The minimum absolute atomic E-state index is 0.405. The van der Waals surface area contributed by atoms with Crippen LogP contribution in [0, 0.1) is 20.8 Å². The SMILES string of the molecule is COc1ccc(N(Cc2cnccc2C)C2CCN([C@H](C)CCc3cc(C)c(C(N)=O)c(C)n3)CC2)cc1. The van der Waals surface area contributed by atoms with Crippen LogP contribution in [0.5, 0.6) is 5.75 Å². The molecule has 2 N–H and O–H groups in total. The Hall–Kier alpha value is -3.45. The van der Waals surface area contributed by atoms with Crippen molar-refractivity contribution in [2.75, 3.05) is 25.1 Å². The summed E-state index contributed by atoms with van der Waals surface area (Å²) in [5, 5.41) is 0. The molecule has 4 rings (SSSR count). The Morgan fingerprint density at radius 3 is 2.45 bits per heavy atom. The van der Waals surface area contributed by atoms with Crippen LogP contribution < -0.4 is 15.4 Å². The summed E-state index contributed by atoms with van der Waals surface area (Å²) < 4.78 is 5.40. The summed E-state index contributed by atoms with van der Waals surface area (Å²) in [6.45, 7) is 11.3. The molecule has 0 saturated carbocycles. The molecule has 7 heteroatoms. The van der Waals surface area contributed by atoms with Crippen LogP contribution in [0.25, 0.3) is 0 Å². The van der Waals surface area contributed by atoms with Crippen LogP contribution in [0.1, 0.15) is 64.6 Å². The van der Waals surface area contributed by atoms with Gasteiger partial charge in [-0.05, 0) is 106 Å². The number of carbonyl (C=O) groups is 1. The van der Waals surface area contributed by atoms with E-state index in [0.717, 1.165) is 68.0 Å². The number of nitrogens with two attached hydrogens (primary N) is 1. The van der Waals surface area contributed by atoms with Gasteiger partial charge in [0.15, 0.2) is 0 Å². The number of likely N-dealkylation sites (tertiary alicyclic amines) is 1. The maximum absolute atomic E-state index is 11.7. The van der Waals surface area contributed by atoms with Crippen LogP contribution in [0.15, 0.2) is 48.8 Å². The van der Waals surface area contributed by atoms with E-state index in [4.69, 9.17) is 10.5 Å². The van der Waals surface area contributed by atoms with Gasteiger partial charge in [0.25, 0.3) is 5.91 Å². The molecule has 2 aromatic heterocycles. The van der Waals surface area contributed by atoms with E-state index in [9.17, 15) is 4.79 Å². The average Bonchev–Trinajstić information content (AvgIpc) is 2.91. The van der Waals surface area contributed by atoms with Gasteiger partial charge in [-0.25, -0.2) is 0 Å². The topological polar surface area (TPSA) is 84.6 Å². The third-order valence-corrected chi connectivity index (χ3v) is 7.97. The number of nitrogens with zero attached hydrogens (tertiary/aromatic N) is 4. The zero-order valence-corrected chi connectivity index (χ0v) is 23.4. The summed E-state index contributed by atoms with van der Waals surface area (Å²) in [7, 11) is 1.71. The normalized spacial score (nSPS) is 15.3. The standard InChI is InChI=1S/C31H41N5O2/c1-21-12-15-33-19-25(21)20-36(27-8-10-29(38-5)11-9-27)28-13-16-35(17-14-28)23(3)6-7-26-18-22(2)30(31(32)37)24(4)34-26/h8-12,15,18-19,23,28H,6-7,13-14,16-17,20H2,1-5H3,(H2,32,37)/t23-/m1/s1. The van der Waals surface area contributed by atoms with E-state index >= 15 is 0 Å². The summed E-state index contributed by atoms with van der Waals surface area (Å²) in [4.78, 5) is 25.9. The van der Waals surface area contributed by atoms with Crippen LogP contribution >= 0.6 is 0 Å².